The molecule has 0 saturated carbocycles. The lowest BCUT2D eigenvalue weighted by Crippen LogP contribution is -2.52. The first-order valence-electron chi connectivity index (χ1n) is 6.95. The first kappa shape index (κ1) is 18.0. The Morgan fingerprint density at radius 3 is 2.76 bits per heavy atom. The van der Waals surface area contributed by atoms with Gasteiger partial charge in [0.2, 0.25) is 5.70 Å². The van der Waals surface area contributed by atoms with Crippen molar-refractivity contribution in [2.75, 3.05) is 19.5 Å². The first-order chi connectivity index (χ1) is 11.7. The molecule has 25 heavy (non-hydrogen) atoms. The van der Waals surface area contributed by atoms with E-state index in [4.69, 9.17) is 11.6 Å². The van der Waals surface area contributed by atoms with Gasteiger partial charge in [-0.1, -0.05) is 17.7 Å². The van der Waals surface area contributed by atoms with E-state index in [9.17, 15) is 18.6 Å². The fourth-order valence-corrected chi connectivity index (χ4v) is 5.44. The molecule has 1 aliphatic heterocycles. The maximum absolute atomic E-state index is 12.7. The van der Waals surface area contributed by atoms with Gasteiger partial charge in [-0.2, -0.15) is 0 Å². The van der Waals surface area contributed by atoms with Crippen molar-refractivity contribution in [2.24, 2.45) is 0 Å². The van der Waals surface area contributed by atoms with Gasteiger partial charge >= 0.3 is 5.91 Å². The summed E-state index contributed by atoms with van der Waals surface area (Å²) >= 11 is 6.80. The van der Waals surface area contributed by atoms with Crippen LogP contribution in [0.3, 0.4) is 0 Å². The predicted octanol–water partition coefficient (Wildman–Crippen LogP) is 1.57. The molecule has 0 spiro atoms. The second-order valence-corrected chi connectivity index (χ2v) is 8.77. The number of fused-ring (bicyclic) bond motifs is 1. The Kier molecular flexibility index (Phi) is 4.41. The van der Waals surface area contributed by atoms with Crippen LogP contribution in [0, 0.1) is 0 Å². The number of halogens is 1. The summed E-state index contributed by atoms with van der Waals surface area (Å²) in [6, 6.07) is 6.19. The monoisotopic (exact) mass is 404 g/mol. The molecule has 3 rings (SSSR count). The van der Waals surface area contributed by atoms with Gasteiger partial charge in [0, 0.05) is 13.2 Å². The number of pyridine rings is 1. The Balaban J connectivity index is 2.19. The van der Waals surface area contributed by atoms with Crippen molar-refractivity contribution >= 4 is 44.5 Å². The Hall–Kier alpha value is -1.85. The van der Waals surface area contributed by atoms with Crippen LogP contribution in [0.25, 0.3) is 5.76 Å². The van der Waals surface area contributed by atoms with Gasteiger partial charge < -0.3 is 14.9 Å². The van der Waals surface area contributed by atoms with Crippen LogP contribution < -0.4 is 5.32 Å². The van der Waals surface area contributed by atoms with Crippen LogP contribution in [0.2, 0.25) is 4.34 Å². The second-order valence-electron chi connectivity index (χ2n) is 5.15. The molecule has 0 radical (unpaired) electrons. The quantitative estimate of drug-likeness (QED) is 0.526. The number of aliphatic hydroxyl groups excluding tert-OH is 1. The van der Waals surface area contributed by atoms with Crippen LogP contribution in [-0.4, -0.2) is 52.7 Å². The summed E-state index contributed by atoms with van der Waals surface area (Å²) in [5, 5.41) is 24.2. The molecule has 3 heterocycles. The topological polar surface area (TPSA) is 116 Å². The summed E-state index contributed by atoms with van der Waals surface area (Å²) in [7, 11) is -1.51. The lowest BCUT2D eigenvalue weighted by atomic mass is 10.2. The van der Waals surface area contributed by atoms with E-state index < -0.39 is 21.7 Å². The maximum atomic E-state index is 12.7. The molecule has 0 amide bonds. The number of aliphatic hydroxyl groups is 4. The van der Waals surface area contributed by atoms with Crippen molar-refractivity contribution in [3.8, 4) is 0 Å². The van der Waals surface area contributed by atoms with E-state index in [2.05, 4.69) is 15.0 Å². The summed E-state index contributed by atoms with van der Waals surface area (Å²) in [5.74, 6) is -2.41. The van der Waals surface area contributed by atoms with Gasteiger partial charge in [-0.05, 0) is 18.2 Å². The Bertz CT molecular complexity index is 945. The number of hydrogen-bond donors (Lipinski definition) is 3. The number of ether oxygens (including phenoxy) is 1. The van der Waals surface area contributed by atoms with Gasteiger partial charge in [0.25, 0.3) is 10.0 Å². The zero-order valence-electron chi connectivity index (χ0n) is 13.1. The molecule has 0 bridgehead atoms. The van der Waals surface area contributed by atoms with E-state index in [-0.39, 0.29) is 25.6 Å². The zero-order valence-corrected chi connectivity index (χ0v) is 15.5. The number of sulfonamides is 1. The number of thiophene rings is 1. The zero-order chi connectivity index (χ0) is 18.4. The minimum atomic E-state index is -4.01. The van der Waals surface area contributed by atoms with Gasteiger partial charge in [0.05, 0.1) is 9.21 Å². The minimum Gasteiger partial charge on any atom is -0.504 e. The number of aromatic nitrogens is 1. The normalized spacial score (nSPS) is 18.6. The van der Waals surface area contributed by atoms with Crippen molar-refractivity contribution in [2.45, 2.75) is 10.8 Å². The van der Waals surface area contributed by atoms with Gasteiger partial charge in [0.1, 0.15) is 17.8 Å². The number of rotatable bonds is 4. The molecule has 4 N–H and O–H groups in total. The molecular formula is C14H15ClN3O5S2+. The third kappa shape index (κ3) is 2.85. The van der Waals surface area contributed by atoms with Crippen LogP contribution in [0.1, 0.15) is 4.88 Å². The van der Waals surface area contributed by atoms with Crippen LogP contribution in [0.15, 0.2) is 41.1 Å². The van der Waals surface area contributed by atoms with Crippen LogP contribution >= 0.6 is 22.9 Å². The van der Waals surface area contributed by atoms with E-state index in [1.54, 1.807) is 18.2 Å². The fourth-order valence-electron chi connectivity index (χ4n) is 2.45. The van der Waals surface area contributed by atoms with E-state index in [0.29, 0.717) is 0 Å². The number of hydrogen-bond acceptors (Lipinski definition) is 7. The van der Waals surface area contributed by atoms with Crippen LogP contribution in [0.4, 0.5) is 5.82 Å². The molecule has 0 saturated heterocycles. The lowest BCUT2D eigenvalue weighted by Gasteiger charge is -2.34. The van der Waals surface area contributed by atoms with Crippen molar-refractivity contribution in [3.63, 3.8) is 0 Å². The molecule has 8 nitrogen and oxygen atoms in total. The second kappa shape index (κ2) is 6.15. The van der Waals surface area contributed by atoms with Gasteiger partial charge in [-0.3, -0.25) is 9.62 Å². The fraction of sp³-hybridized carbons (Fsp3) is 0.214. The van der Waals surface area contributed by atoms with E-state index in [1.807, 2.05) is 0 Å². The Morgan fingerprint density at radius 1 is 1.44 bits per heavy atom. The molecule has 2 aromatic heterocycles. The SMILES string of the molecule is C[OH+]C(O)(Nc1ccccn1)C1=C(O)c2sc(Cl)cc2S(=O)(=O)N1C. The molecule has 0 aromatic carbocycles. The van der Waals surface area contributed by atoms with Crippen molar-refractivity contribution in [1.82, 2.24) is 9.29 Å². The van der Waals surface area contributed by atoms with Crippen molar-refractivity contribution < 1.29 is 23.4 Å². The average molecular weight is 405 g/mol. The third-order valence-corrected chi connectivity index (χ3v) is 6.86. The number of nitrogens with zero attached hydrogens (tertiary/aromatic N) is 2. The van der Waals surface area contributed by atoms with Crippen molar-refractivity contribution in [1.29, 1.82) is 0 Å². The van der Waals surface area contributed by atoms with Gasteiger partial charge in [0.15, 0.2) is 5.76 Å². The van der Waals surface area contributed by atoms with E-state index in [0.717, 1.165) is 15.6 Å². The average Bonchev–Trinajstić information content (AvgIpc) is 2.98. The third-order valence-electron chi connectivity index (χ3n) is 3.68. The highest BCUT2D eigenvalue weighted by Gasteiger charge is 2.51. The predicted molar refractivity (Wildman–Crippen MR) is 94.8 cm³/mol. The smallest absolute Gasteiger partial charge is 0.408 e. The molecule has 2 aromatic rings. The highest BCUT2D eigenvalue weighted by atomic mass is 35.5. The minimum absolute atomic E-state index is 0.0444. The lowest BCUT2D eigenvalue weighted by molar-refractivity contribution is -0.242. The molecule has 11 heteroatoms. The number of nitrogens with one attached hydrogen (secondary N) is 1. The summed E-state index contributed by atoms with van der Waals surface area (Å²) < 4.78 is 30.3. The highest BCUT2D eigenvalue weighted by Crippen LogP contribution is 2.44. The standard InChI is InChI=1S/C14H14ClN3O5S2/c1-18-13(14(20,23-2)17-10-5-3-4-6-16-10)11(19)12-8(25(18,21)22)7-9(15)24-12/h3-7,19-20H,1-2H3,(H,16,17)/p+1. The number of anilines is 1. The van der Waals surface area contributed by atoms with Crippen LogP contribution in [0.5, 0.6) is 0 Å². The highest BCUT2D eigenvalue weighted by molar-refractivity contribution is 7.89. The molecule has 1 unspecified atom stereocenters. The molecule has 1 atom stereocenters. The largest absolute Gasteiger partial charge is 0.504 e. The molecule has 134 valence electrons. The molecule has 0 aliphatic carbocycles. The Labute approximate surface area is 153 Å². The Morgan fingerprint density at radius 2 is 2.16 bits per heavy atom. The van der Waals surface area contributed by atoms with Crippen LogP contribution in [-0.2, 0) is 10.0 Å². The molecule has 1 aliphatic rings. The summed E-state index contributed by atoms with van der Waals surface area (Å²) in [6.45, 7) is 0. The maximum Gasteiger partial charge on any atom is 0.408 e. The van der Waals surface area contributed by atoms with E-state index >= 15 is 0 Å². The van der Waals surface area contributed by atoms with Gasteiger partial charge in [-0.15, -0.1) is 11.3 Å². The summed E-state index contributed by atoms with van der Waals surface area (Å²) in [5.41, 5.74) is -0.341. The summed E-state index contributed by atoms with van der Waals surface area (Å²) in [6.07, 6.45) is 1.49. The number of likely N-dealkylation sites (N-methyl/N-ethyl adjacent to an activating group) is 1. The first-order valence-corrected chi connectivity index (χ1v) is 9.59. The summed E-state index contributed by atoms with van der Waals surface area (Å²) in [4.78, 5) is 3.94. The van der Waals surface area contributed by atoms with E-state index in [1.165, 1.54) is 26.4 Å². The van der Waals surface area contributed by atoms with Crippen molar-refractivity contribution in [3.05, 3.63) is 45.4 Å². The molecular weight excluding hydrogens is 390 g/mol. The molecule has 0 fully saturated rings. The van der Waals surface area contributed by atoms with Gasteiger partial charge in [-0.25, -0.2) is 13.4 Å².